The van der Waals surface area contributed by atoms with Gasteiger partial charge in [-0.1, -0.05) is 194 Å². The Morgan fingerprint density at radius 2 is 0.782 bits per heavy atom. The molecule has 0 saturated carbocycles. The highest BCUT2D eigenvalue weighted by Crippen LogP contribution is 2.73. The first kappa shape index (κ1) is 44.7. The molecule has 0 spiro atoms. The normalized spacial score (nSPS) is 13.2. The van der Waals surface area contributed by atoms with E-state index in [-0.39, 0.29) is 12.6 Å². The molecule has 16 rings (SSSR count). The Labute approximate surface area is 455 Å². The number of benzene rings is 12. The van der Waals surface area contributed by atoms with Crippen molar-refractivity contribution < 1.29 is 9.47 Å². The smallest absolute Gasteiger partial charge is 0.260 e. The largest absolute Gasteiger partial charge is 0.458 e. The van der Waals surface area contributed by atoms with Crippen molar-refractivity contribution in [2.45, 2.75) is 25.5 Å². The molecule has 0 N–H and O–H groups in total. The van der Waals surface area contributed by atoms with Crippen molar-refractivity contribution in [2.24, 2.45) is 0 Å². The van der Waals surface area contributed by atoms with E-state index in [4.69, 9.17) is 9.47 Å². The molecule has 78 heavy (non-hydrogen) atoms. The summed E-state index contributed by atoms with van der Waals surface area (Å²) in [7, 11) is -1.91. The molecule has 2 aliphatic heterocycles. The Balaban J connectivity index is 0.941. The van der Waals surface area contributed by atoms with Gasteiger partial charge in [0.2, 0.25) is 0 Å². The van der Waals surface area contributed by atoms with Crippen molar-refractivity contribution in [2.75, 3.05) is 0 Å². The second-order valence-electron chi connectivity index (χ2n) is 20.6. The third-order valence-corrected chi connectivity index (χ3v) is 20.4. The third-order valence-electron chi connectivity index (χ3n) is 16.5. The van der Waals surface area contributed by atoms with Crippen molar-refractivity contribution in [3.8, 4) is 62.1 Å². The van der Waals surface area contributed by atoms with Crippen LogP contribution in [-0.2, 0) is 0 Å². The molecule has 3 aliphatic rings. The zero-order chi connectivity index (χ0) is 51.3. The van der Waals surface area contributed by atoms with E-state index in [9.17, 15) is 0 Å². The van der Waals surface area contributed by atoms with Gasteiger partial charge in [0.1, 0.15) is 23.0 Å². The number of aromatic nitrogens is 1. The van der Waals surface area contributed by atoms with Gasteiger partial charge in [-0.15, -0.1) is 10.0 Å². The lowest BCUT2D eigenvalue weighted by atomic mass is 9.34. The Morgan fingerprint density at radius 3 is 1.33 bits per heavy atom. The van der Waals surface area contributed by atoms with Crippen LogP contribution in [0.2, 0.25) is 0 Å². The van der Waals surface area contributed by atoms with E-state index in [0.717, 1.165) is 67.3 Å². The maximum atomic E-state index is 7.52. The molecule has 0 atom stereocenters. The lowest BCUT2D eigenvalue weighted by Gasteiger charge is -2.42. The fourth-order valence-corrected chi connectivity index (χ4v) is 17.1. The molecule has 0 radical (unpaired) electrons. The maximum absolute atomic E-state index is 7.52. The minimum absolute atomic E-state index is 0.0634. The van der Waals surface area contributed by atoms with Crippen LogP contribution in [0.15, 0.2) is 305 Å². The number of fused-ring (bicyclic) bond motifs is 10. The molecule has 366 valence electrons. The molecule has 0 saturated heterocycles. The van der Waals surface area contributed by atoms with Gasteiger partial charge in [-0.2, -0.15) is 0 Å². The van der Waals surface area contributed by atoms with Gasteiger partial charge in [-0.25, -0.2) is 0 Å². The molecular formula is C73H48BNO2S. The quantitative estimate of drug-likeness (QED) is 0.142. The van der Waals surface area contributed by atoms with Crippen LogP contribution in [0.1, 0.15) is 22.6 Å². The monoisotopic (exact) mass is 1010 g/mol. The number of hydrogen-bond donors (Lipinski definition) is 0. The summed E-state index contributed by atoms with van der Waals surface area (Å²) in [4.78, 5) is 5.11. The van der Waals surface area contributed by atoms with Crippen LogP contribution in [-0.4, -0.2) is 11.3 Å². The predicted octanol–water partition coefficient (Wildman–Crippen LogP) is 17.3. The summed E-state index contributed by atoms with van der Waals surface area (Å²) < 4.78 is 17.3. The molecule has 3 nitrogen and oxygen atoms in total. The molecule has 0 fully saturated rings. The average molecular weight is 1010 g/mol. The van der Waals surface area contributed by atoms with E-state index in [2.05, 4.69) is 290 Å². The van der Waals surface area contributed by atoms with E-state index in [0.29, 0.717) is 0 Å². The van der Waals surface area contributed by atoms with Gasteiger partial charge in [0.05, 0.1) is 11.0 Å². The average Bonchev–Trinajstić information content (AvgIpc) is 4.16. The minimum atomic E-state index is -1.91. The first-order valence-electron chi connectivity index (χ1n) is 26.9. The van der Waals surface area contributed by atoms with Gasteiger partial charge >= 0.3 is 0 Å². The summed E-state index contributed by atoms with van der Waals surface area (Å²) in [6, 6.07) is 105. The molecule has 1 aliphatic carbocycles. The number of para-hydroxylation sites is 2. The maximum Gasteiger partial charge on any atom is 0.260 e. The van der Waals surface area contributed by atoms with Crippen molar-refractivity contribution in [3.63, 3.8) is 0 Å². The highest BCUT2D eigenvalue weighted by Gasteiger charge is 2.44. The number of nitrogens with zero attached hydrogens (tertiary/aromatic N) is 1. The first-order chi connectivity index (χ1) is 38.7. The first-order valence-corrected chi connectivity index (χ1v) is 28.5. The van der Waals surface area contributed by atoms with E-state index >= 15 is 0 Å². The molecule has 0 amide bonds. The van der Waals surface area contributed by atoms with E-state index in [1.807, 2.05) is 0 Å². The lowest BCUT2D eigenvalue weighted by molar-refractivity contribution is 0.466. The molecule has 0 bridgehead atoms. The second kappa shape index (κ2) is 17.8. The van der Waals surface area contributed by atoms with Crippen LogP contribution in [0, 0.1) is 0 Å². The van der Waals surface area contributed by atoms with E-state index in [1.165, 1.54) is 69.2 Å². The van der Waals surface area contributed by atoms with Gasteiger partial charge in [0, 0.05) is 58.5 Å². The molecule has 0 unspecified atom stereocenters. The Bertz CT molecular complexity index is 4300. The van der Waals surface area contributed by atoms with Gasteiger partial charge in [0.15, 0.2) is 0 Å². The Kier molecular flexibility index (Phi) is 10.2. The summed E-state index contributed by atoms with van der Waals surface area (Å²) >= 11 is 0. The van der Waals surface area contributed by atoms with Crippen LogP contribution in [0.3, 0.4) is 0 Å². The molecule has 1 aromatic heterocycles. The highest BCUT2D eigenvalue weighted by molar-refractivity contribution is 8.34. The number of hydrogen-bond acceptors (Lipinski definition) is 2. The summed E-state index contributed by atoms with van der Waals surface area (Å²) in [6.45, 7) is -0.240. The highest BCUT2D eigenvalue weighted by atomic mass is 32.3. The molecule has 3 heterocycles. The fraction of sp³-hybridized carbons (Fsp3) is 0.0137. The predicted molar refractivity (Wildman–Crippen MR) is 322 cm³/mol. The summed E-state index contributed by atoms with van der Waals surface area (Å²) in [6.07, 6.45) is 0. The molecule has 13 aromatic rings. The Morgan fingerprint density at radius 1 is 0.346 bits per heavy atom. The second-order valence-corrected chi connectivity index (χ2v) is 23.7. The summed E-state index contributed by atoms with van der Waals surface area (Å²) in [5.41, 5.74) is 17.4. The number of ether oxygens (including phenoxy) is 2. The van der Waals surface area contributed by atoms with Gasteiger partial charge in [-0.3, -0.25) is 0 Å². The topological polar surface area (TPSA) is 23.4 Å². The van der Waals surface area contributed by atoms with Crippen molar-refractivity contribution in [1.82, 2.24) is 4.57 Å². The van der Waals surface area contributed by atoms with Gasteiger partial charge in [0.25, 0.3) is 6.71 Å². The lowest BCUT2D eigenvalue weighted by Crippen LogP contribution is -2.57. The van der Waals surface area contributed by atoms with Crippen LogP contribution in [0.25, 0.3) is 60.9 Å². The fourth-order valence-electron chi connectivity index (χ4n) is 13.2. The van der Waals surface area contributed by atoms with Gasteiger partial charge < -0.3 is 14.0 Å². The van der Waals surface area contributed by atoms with E-state index < -0.39 is 10.0 Å². The van der Waals surface area contributed by atoms with Crippen molar-refractivity contribution in [3.05, 3.63) is 302 Å². The van der Waals surface area contributed by atoms with Crippen LogP contribution < -0.4 is 25.9 Å². The number of rotatable bonds is 8. The Hall–Kier alpha value is -9.55. The van der Waals surface area contributed by atoms with Gasteiger partial charge in [-0.05, 0) is 141 Å². The zero-order valence-electron chi connectivity index (χ0n) is 42.5. The molecular weight excluding hydrogens is 966 g/mol. The summed E-state index contributed by atoms with van der Waals surface area (Å²) in [5.74, 6) is 3.40. The third kappa shape index (κ3) is 6.68. The van der Waals surface area contributed by atoms with Crippen LogP contribution in [0.4, 0.5) is 0 Å². The van der Waals surface area contributed by atoms with Crippen LogP contribution >= 0.6 is 10.0 Å². The zero-order valence-corrected chi connectivity index (χ0v) is 43.3. The molecule has 12 aromatic carbocycles. The minimum Gasteiger partial charge on any atom is -0.458 e. The van der Waals surface area contributed by atoms with E-state index in [1.54, 1.807) is 0 Å². The summed E-state index contributed by atoms with van der Waals surface area (Å²) in [5, 5.41) is 2.46. The SMILES string of the molecule is c1ccc(-c2cc(-c3ccc(S(c4ccccc4)(c4ccccc4)c4ccccc4)cc3)c3c4c2Oc2ccc(-n5c6ccccc6c6ccccc65)cc2B4c2cc(C4c5ccccc5-c5ccccc54)ccc2O3)cc1. The van der Waals surface area contributed by atoms with Crippen molar-refractivity contribution >= 4 is 54.9 Å². The van der Waals surface area contributed by atoms with Crippen molar-refractivity contribution in [1.29, 1.82) is 0 Å². The standard InChI is InChI=1S/C73H48BNO2S/c1-5-21-48(22-6-1)62-47-63(49-37-41-55(42-38-49)78(52-23-7-2-8-24-52,53-25-9-3-10-26-53)54-27-11-4-12-28-54)73-71-72(62)77-69-44-40-51(75-66-35-19-17-31-58(66)59-32-18-20-36-67(59)75)46-65(69)74(71)64-45-50(39-43-68(64)76-73)70-60-33-15-13-29-56(60)57-30-14-16-34-61(57)70/h1-47,70H. The molecule has 5 heteroatoms. The van der Waals surface area contributed by atoms with Crippen LogP contribution in [0.5, 0.6) is 23.0 Å².